The molecular weight excluding hydrogens is 318 g/mol. The van der Waals surface area contributed by atoms with Crippen LogP contribution in [0.1, 0.15) is 21.0 Å². The molecule has 0 bridgehead atoms. The van der Waals surface area contributed by atoms with E-state index in [1.165, 1.54) is 17.5 Å². The first-order valence-electron chi connectivity index (χ1n) is 6.19. The molecule has 1 unspecified atom stereocenters. The topological polar surface area (TPSA) is 101 Å². The summed E-state index contributed by atoms with van der Waals surface area (Å²) in [5.74, 6) is -2.05. The fourth-order valence-corrected chi connectivity index (χ4v) is 5.17. The summed E-state index contributed by atoms with van der Waals surface area (Å²) in [6.45, 7) is 1.85. The number of hydrogen-bond acceptors (Lipinski definition) is 6. The minimum Gasteiger partial charge on any atom is -0.477 e. The number of carboxylic acid groups (broad SMARTS) is 1. The Morgan fingerprint density at radius 3 is 2.67 bits per heavy atom. The van der Waals surface area contributed by atoms with Crippen molar-refractivity contribution in [2.24, 2.45) is 5.92 Å². The van der Waals surface area contributed by atoms with E-state index in [2.05, 4.69) is 4.74 Å². The summed E-state index contributed by atoms with van der Waals surface area (Å²) < 4.78 is 30.9. The van der Waals surface area contributed by atoms with Gasteiger partial charge in [0.15, 0.2) is 0 Å². The van der Waals surface area contributed by atoms with E-state index >= 15 is 0 Å². The third kappa shape index (κ3) is 2.94. The van der Waals surface area contributed by atoms with E-state index in [0.717, 1.165) is 11.3 Å². The zero-order valence-electron chi connectivity index (χ0n) is 11.5. The maximum Gasteiger partial charge on any atom is 0.345 e. The molecule has 9 heteroatoms. The molecular formula is C12H15NO6S2. The molecule has 1 aromatic heterocycles. The molecule has 1 aliphatic heterocycles. The van der Waals surface area contributed by atoms with Gasteiger partial charge in [0, 0.05) is 18.0 Å². The number of carboxylic acids is 1. The Bertz CT molecular complexity index is 678. The van der Waals surface area contributed by atoms with Crippen LogP contribution >= 0.6 is 11.3 Å². The molecule has 0 radical (unpaired) electrons. The van der Waals surface area contributed by atoms with Gasteiger partial charge in [0.2, 0.25) is 10.0 Å². The van der Waals surface area contributed by atoms with Gasteiger partial charge >= 0.3 is 11.9 Å². The Kier molecular flexibility index (Phi) is 4.35. The lowest BCUT2D eigenvalue weighted by molar-refractivity contribution is -0.144. The number of sulfonamides is 1. The van der Waals surface area contributed by atoms with Crippen molar-refractivity contribution in [3.05, 3.63) is 15.8 Å². The van der Waals surface area contributed by atoms with Crippen molar-refractivity contribution in [3.63, 3.8) is 0 Å². The van der Waals surface area contributed by atoms with Crippen molar-refractivity contribution in [2.75, 3.05) is 20.2 Å². The standard InChI is InChI=1S/C12H15NO6S2/c1-7-10(5-9(20-7)11(14)15)21(17,18)13-4-3-8(6-13)12(16)19-2/h5,8H,3-4,6H2,1-2H3,(H,14,15). The van der Waals surface area contributed by atoms with E-state index in [0.29, 0.717) is 11.3 Å². The lowest BCUT2D eigenvalue weighted by atomic mass is 10.1. The summed E-state index contributed by atoms with van der Waals surface area (Å²) in [6, 6.07) is 1.17. The minimum atomic E-state index is -3.78. The predicted molar refractivity (Wildman–Crippen MR) is 74.9 cm³/mol. The van der Waals surface area contributed by atoms with Crippen molar-refractivity contribution in [1.29, 1.82) is 0 Å². The van der Waals surface area contributed by atoms with Gasteiger partial charge in [-0.05, 0) is 19.4 Å². The average molecular weight is 333 g/mol. The molecule has 116 valence electrons. The van der Waals surface area contributed by atoms with Crippen LogP contribution in [0.15, 0.2) is 11.0 Å². The molecule has 0 spiro atoms. The predicted octanol–water partition coefficient (Wildman–Crippen LogP) is 0.938. The van der Waals surface area contributed by atoms with Crippen LogP contribution in [0.2, 0.25) is 0 Å². The first-order valence-corrected chi connectivity index (χ1v) is 8.44. The van der Waals surface area contributed by atoms with Gasteiger partial charge in [0.05, 0.1) is 17.9 Å². The molecule has 0 saturated carbocycles. The van der Waals surface area contributed by atoms with E-state index < -0.39 is 27.9 Å². The number of thiophene rings is 1. The number of carbonyl (C=O) groups is 2. The lowest BCUT2D eigenvalue weighted by Crippen LogP contribution is -2.30. The lowest BCUT2D eigenvalue weighted by Gasteiger charge is -2.15. The third-order valence-electron chi connectivity index (χ3n) is 3.39. The molecule has 0 amide bonds. The van der Waals surface area contributed by atoms with Gasteiger partial charge in [-0.25, -0.2) is 13.2 Å². The van der Waals surface area contributed by atoms with Gasteiger partial charge in [0.25, 0.3) is 0 Å². The highest BCUT2D eigenvalue weighted by Gasteiger charge is 2.37. The van der Waals surface area contributed by atoms with Crippen LogP contribution in [0, 0.1) is 12.8 Å². The van der Waals surface area contributed by atoms with Gasteiger partial charge < -0.3 is 9.84 Å². The van der Waals surface area contributed by atoms with Crippen LogP contribution in [0.5, 0.6) is 0 Å². The second kappa shape index (κ2) is 5.74. The maximum absolute atomic E-state index is 12.5. The van der Waals surface area contributed by atoms with Crippen LogP contribution in [0.25, 0.3) is 0 Å². The Morgan fingerprint density at radius 2 is 2.14 bits per heavy atom. The number of aryl methyl sites for hydroxylation is 1. The SMILES string of the molecule is COC(=O)C1CCN(S(=O)(=O)c2cc(C(=O)O)sc2C)C1. The highest BCUT2D eigenvalue weighted by Crippen LogP contribution is 2.31. The molecule has 1 saturated heterocycles. The number of nitrogens with zero attached hydrogens (tertiary/aromatic N) is 1. The summed E-state index contributed by atoms with van der Waals surface area (Å²) in [4.78, 5) is 22.8. The fraction of sp³-hybridized carbons (Fsp3) is 0.500. The molecule has 0 aliphatic carbocycles. The molecule has 1 N–H and O–H groups in total. The van der Waals surface area contributed by atoms with E-state index in [1.807, 2.05) is 0 Å². The average Bonchev–Trinajstić information content (AvgIpc) is 3.04. The molecule has 1 fully saturated rings. The van der Waals surface area contributed by atoms with E-state index in [1.54, 1.807) is 6.92 Å². The summed E-state index contributed by atoms with van der Waals surface area (Å²) >= 11 is 0.923. The zero-order valence-corrected chi connectivity index (χ0v) is 13.2. The Balaban J connectivity index is 2.27. The summed E-state index contributed by atoms with van der Waals surface area (Å²) in [7, 11) is -2.52. The highest BCUT2D eigenvalue weighted by atomic mass is 32.2. The normalized spacial score (nSPS) is 19.6. The van der Waals surface area contributed by atoms with E-state index in [-0.39, 0.29) is 22.9 Å². The van der Waals surface area contributed by atoms with Gasteiger partial charge in [-0.15, -0.1) is 11.3 Å². The smallest absolute Gasteiger partial charge is 0.345 e. The fourth-order valence-electron chi connectivity index (χ4n) is 2.27. The Morgan fingerprint density at radius 1 is 1.48 bits per heavy atom. The van der Waals surface area contributed by atoms with Crippen molar-refractivity contribution in [3.8, 4) is 0 Å². The van der Waals surface area contributed by atoms with Gasteiger partial charge in [-0.2, -0.15) is 4.31 Å². The summed E-state index contributed by atoms with van der Waals surface area (Å²) in [5, 5.41) is 8.94. The quantitative estimate of drug-likeness (QED) is 0.823. The number of carbonyl (C=O) groups excluding carboxylic acids is 1. The zero-order chi connectivity index (χ0) is 15.8. The van der Waals surface area contributed by atoms with E-state index in [9.17, 15) is 18.0 Å². The minimum absolute atomic E-state index is 0.00424. The van der Waals surface area contributed by atoms with Crippen LogP contribution in [-0.4, -0.2) is 50.0 Å². The van der Waals surface area contributed by atoms with Crippen LogP contribution in [0.4, 0.5) is 0 Å². The molecule has 7 nitrogen and oxygen atoms in total. The monoisotopic (exact) mass is 333 g/mol. The molecule has 1 aliphatic rings. The number of hydrogen-bond donors (Lipinski definition) is 1. The van der Waals surface area contributed by atoms with E-state index in [4.69, 9.17) is 5.11 Å². The molecule has 21 heavy (non-hydrogen) atoms. The van der Waals surface area contributed by atoms with Gasteiger partial charge in [0.1, 0.15) is 4.88 Å². The van der Waals surface area contributed by atoms with Gasteiger partial charge in [-0.1, -0.05) is 0 Å². The number of ether oxygens (including phenoxy) is 1. The van der Waals surface area contributed by atoms with Crippen LogP contribution < -0.4 is 0 Å². The maximum atomic E-state index is 12.5. The molecule has 2 rings (SSSR count). The Hall–Kier alpha value is -1.45. The molecule has 1 aromatic rings. The molecule has 2 heterocycles. The van der Waals surface area contributed by atoms with Crippen molar-refractivity contribution in [1.82, 2.24) is 4.31 Å². The molecule has 1 atom stereocenters. The van der Waals surface area contributed by atoms with Crippen molar-refractivity contribution < 1.29 is 27.9 Å². The summed E-state index contributed by atoms with van der Waals surface area (Å²) in [6.07, 6.45) is 0.404. The van der Waals surface area contributed by atoms with Crippen molar-refractivity contribution >= 4 is 33.3 Å². The van der Waals surface area contributed by atoms with Crippen LogP contribution in [-0.2, 0) is 19.6 Å². The van der Waals surface area contributed by atoms with Gasteiger partial charge in [-0.3, -0.25) is 4.79 Å². The number of methoxy groups -OCH3 is 1. The largest absolute Gasteiger partial charge is 0.477 e. The number of esters is 1. The molecule has 0 aromatic carbocycles. The first kappa shape index (κ1) is 15.9. The van der Waals surface area contributed by atoms with Crippen molar-refractivity contribution in [2.45, 2.75) is 18.2 Å². The number of rotatable bonds is 4. The highest BCUT2D eigenvalue weighted by molar-refractivity contribution is 7.89. The second-order valence-electron chi connectivity index (χ2n) is 4.71. The van der Waals surface area contributed by atoms with Crippen LogP contribution in [0.3, 0.4) is 0 Å². The first-order chi connectivity index (χ1) is 9.77. The third-order valence-corrected chi connectivity index (χ3v) is 6.55. The second-order valence-corrected chi connectivity index (χ2v) is 7.87. The summed E-state index contributed by atoms with van der Waals surface area (Å²) in [5.41, 5.74) is 0. The number of aromatic carboxylic acids is 1. The Labute approximate surface area is 126 Å².